The van der Waals surface area contributed by atoms with Crippen LogP contribution in [-0.4, -0.2) is 0 Å². The van der Waals surface area contributed by atoms with Crippen molar-refractivity contribution in [2.45, 2.75) is 0 Å². The third-order valence-corrected chi connectivity index (χ3v) is 9.66. The van der Waals surface area contributed by atoms with Gasteiger partial charge in [0.25, 0.3) is 0 Å². The molecule has 2 heterocycles. The van der Waals surface area contributed by atoms with E-state index in [1.54, 1.807) is 0 Å². The summed E-state index contributed by atoms with van der Waals surface area (Å²) in [5.74, 6) is 0. The van der Waals surface area contributed by atoms with Gasteiger partial charge in [-0.2, -0.15) is 0 Å². The zero-order valence-corrected chi connectivity index (χ0v) is 26.5. The molecule has 0 N–H and O–H groups in total. The van der Waals surface area contributed by atoms with Crippen molar-refractivity contribution in [1.82, 2.24) is 0 Å². The van der Waals surface area contributed by atoms with Gasteiger partial charge in [-0.1, -0.05) is 121 Å². The number of rotatable bonds is 5. The van der Waals surface area contributed by atoms with Crippen molar-refractivity contribution in [2.75, 3.05) is 4.90 Å². The molecule has 0 radical (unpaired) electrons. The van der Waals surface area contributed by atoms with Gasteiger partial charge in [0, 0.05) is 44.4 Å². The van der Waals surface area contributed by atoms with Crippen LogP contribution < -0.4 is 4.90 Å². The quantitative estimate of drug-likeness (QED) is 0.190. The standard InChI is InChI=1S/C46H29NO2/c1-3-12-30(13-4-1)35-26-23-33(28-40(35)31-14-5-2-6-15-31)47(34-24-27-38-36-17-7-9-20-42(36)48-44(38)29-34)41-19-11-16-32-22-25-39-37-18-8-10-21-43(37)49-46(39)45(32)41/h1-29H. The number of benzene rings is 8. The molecule has 8 aromatic carbocycles. The highest BCUT2D eigenvalue weighted by molar-refractivity contribution is 6.19. The van der Waals surface area contributed by atoms with E-state index in [-0.39, 0.29) is 0 Å². The predicted molar refractivity (Wildman–Crippen MR) is 204 cm³/mol. The first-order valence-corrected chi connectivity index (χ1v) is 16.6. The minimum Gasteiger partial charge on any atom is -0.456 e. The Morgan fingerprint density at radius 1 is 0.367 bits per heavy atom. The van der Waals surface area contributed by atoms with Crippen LogP contribution in [0.3, 0.4) is 0 Å². The first-order chi connectivity index (χ1) is 24.3. The molecule has 0 spiro atoms. The second-order valence-electron chi connectivity index (χ2n) is 12.5. The lowest BCUT2D eigenvalue weighted by molar-refractivity contribution is 0.669. The molecule has 10 rings (SSSR count). The number of hydrogen-bond donors (Lipinski definition) is 0. The highest BCUT2D eigenvalue weighted by Crippen LogP contribution is 2.46. The first-order valence-electron chi connectivity index (χ1n) is 16.6. The molecule has 0 unspecified atom stereocenters. The number of furan rings is 2. The van der Waals surface area contributed by atoms with Gasteiger partial charge < -0.3 is 13.7 Å². The molecular weight excluding hydrogens is 599 g/mol. The van der Waals surface area contributed by atoms with Crippen LogP contribution in [0.2, 0.25) is 0 Å². The Labute approximate surface area is 282 Å². The van der Waals surface area contributed by atoms with Crippen molar-refractivity contribution in [2.24, 2.45) is 0 Å². The fraction of sp³-hybridized carbons (Fsp3) is 0. The Kier molecular flexibility index (Phi) is 6.18. The molecule has 0 aliphatic heterocycles. The third kappa shape index (κ3) is 4.44. The molecule has 3 heteroatoms. The first kappa shape index (κ1) is 27.5. The summed E-state index contributed by atoms with van der Waals surface area (Å²) in [4.78, 5) is 2.35. The van der Waals surface area contributed by atoms with Gasteiger partial charge in [0.1, 0.15) is 22.3 Å². The summed E-state index contributed by atoms with van der Waals surface area (Å²) in [7, 11) is 0. The Morgan fingerprint density at radius 3 is 1.73 bits per heavy atom. The SMILES string of the molecule is c1ccc(-c2ccc(N(c3ccc4c(c3)oc3ccccc34)c3cccc4ccc5c6ccccc6oc5c34)cc2-c2ccccc2)cc1. The summed E-state index contributed by atoms with van der Waals surface area (Å²) in [6.07, 6.45) is 0. The van der Waals surface area contributed by atoms with Crippen molar-refractivity contribution >= 4 is 71.7 Å². The van der Waals surface area contributed by atoms with E-state index in [4.69, 9.17) is 8.83 Å². The lowest BCUT2D eigenvalue weighted by atomic mass is 9.93. The summed E-state index contributed by atoms with van der Waals surface area (Å²) in [6, 6.07) is 62.0. The summed E-state index contributed by atoms with van der Waals surface area (Å²) in [5, 5.41) is 6.61. The fourth-order valence-electron chi connectivity index (χ4n) is 7.40. The maximum absolute atomic E-state index is 6.66. The molecule has 0 fully saturated rings. The Balaban J connectivity index is 1.28. The van der Waals surface area contributed by atoms with Gasteiger partial charge in [-0.25, -0.2) is 0 Å². The lowest BCUT2D eigenvalue weighted by Gasteiger charge is -2.28. The van der Waals surface area contributed by atoms with Crippen molar-refractivity contribution in [3.05, 3.63) is 176 Å². The smallest absolute Gasteiger partial charge is 0.145 e. The predicted octanol–water partition coefficient (Wildman–Crippen LogP) is 13.4. The van der Waals surface area contributed by atoms with Crippen LogP contribution in [-0.2, 0) is 0 Å². The van der Waals surface area contributed by atoms with Crippen LogP contribution in [0.4, 0.5) is 17.1 Å². The minimum absolute atomic E-state index is 0.849. The van der Waals surface area contributed by atoms with Gasteiger partial charge in [0.05, 0.1) is 5.69 Å². The maximum Gasteiger partial charge on any atom is 0.145 e. The number of fused-ring (bicyclic) bond motifs is 8. The van der Waals surface area contributed by atoms with E-state index in [1.807, 2.05) is 24.3 Å². The molecule has 0 bridgehead atoms. The summed E-state index contributed by atoms with van der Waals surface area (Å²) >= 11 is 0. The topological polar surface area (TPSA) is 29.5 Å². The van der Waals surface area contributed by atoms with Gasteiger partial charge in [-0.15, -0.1) is 0 Å². The molecule has 2 aromatic heterocycles. The van der Waals surface area contributed by atoms with E-state index >= 15 is 0 Å². The van der Waals surface area contributed by atoms with E-state index in [1.165, 1.54) is 11.1 Å². The van der Waals surface area contributed by atoms with Gasteiger partial charge >= 0.3 is 0 Å². The molecule has 0 amide bonds. The normalized spacial score (nSPS) is 11.7. The van der Waals surface area contributed by atoms with Gasteiger partial charge in [0.15, 0.2) is 0 Å². The number of anilines is 3. The molecule has 0 aliphatic rings. The molecular formula is C46H29NO2. The average molecular weight is 628 g/mol. The Hall–Kier alpha value is -6.58. The van der Waals surface area contributed by atoms with E-state index in [9.17, 15) is 0 Å². The minimum atomic E-state index is 0.849. The summed E-state index contributed by atoms with van der Waals surface area (Å²) in [5.41, 5.74) is 11.2. The second kappa shape index (κ2) is 11.0. The average Bonchev–Trinajstić information content (AvgIpc) is 3.74. The zero-order chi connectivity index (χ0) is 32.3. The van der Waals surface area contributed by atoms with E-state index in [0.717, 1.165) is 82.8 Å². The Bertz CT molecular complexity index is 2830. The van der Waals surface area contributed by atoms with Gasteiger partial charge in [-0.05, 0) is 76.2 Å². The molecule has 0 aliphatic carbocycles. The molecule has 0 atom stereocenters. The number of nitrogens with zero attached hydrogens (tertiary/aromatic N) is 1. The van der Waals surface area contributed by atoms with Crippen LogP contribution >= 0.6 is 0 Å². The van der Waals surface area contributed by atoms with Crippen molar-refractivity contribution in [1.29, 1.82) is 0 Å². The van der Waals surface area contributed by atoms with Crippen LogP contribution in [0.1, 0.15) is 0 Å². The van der Waals surface area contributed by atoms with E-state index < -0.39 is 0 Å². The molecule has 230 valence electrons. The third-order valence-electron chi connectivity index (χ3n) is 9.66. The van der Waals surface area contributed by atoms with Crippen molar-refractivity contribution in [3.8, 4) is 22.3 Å². The zero-order valence-electron chi connectivity index (χ0n) is 26.5. The maximum atomic E-state index is 6.66. The van der Waals surface area contributed by atoms with Gasteiger partial charge in [0.2, 0.25) is 0 Å². The number of para-hydroxylation sites is 2. The van der Waals surface area contributed by atoms with Crippen molar-refractivity contribution < 1.29 is 8.83 Å². The summed E-state index contributed by atoms with van der Waals surface area (Å²) < 4.78 is 13.1. The molecule has 0 saturated carbocycles. The molecule has 0 saturated heterocycles. The highest BCUT2D eigenvalue weighted by Gasteiger charge is 2.22. The van der Waals surface area contributed by atoms with E-state index in [2.05, 4.69) is 157 Å². The van der Waals surface area contributed by atoms with Crippen LogP contribution in [0.25, 0.3) is 76.9 Å². The van der Waals surface area contributed by atoms with Crippen LogP contribution in [0.5, 0.6) is 0 Å². The number of hydrogen-bond acceptors (Lipinski definition) is 3. The van der Waals surface area contributed by atoms with Crippen LogP contribution in [0, 0.1) is 0 Å². The lowest BCUT2D eigenvalue weighted by Crippen LogP contribution is -2.11. The van der Waals surface area contributed by atoms with Crippen molar-refractivity contribution in [3.63, 3.8) is 0 Å². The van der Waals surface area contributed by atoms with E-state index in [0.29, 0.717) is 0 Å². The highest BCUT2D eigenvalue weighted by atomic mass is 16.3. The summed E-state index contributed by atoms with van der Waals surface area (Å²) in [6.45, 7) is 0. The fourth-order valence-corrected chi connectivity index (χ4v) is 7.40. The second-order valence-corrected chi connectivity index (χ2v) is 12.5. The largest absolute Gasteiger partial charge is 0.456 e. The molecule has 3 nitrogen and oxygen atoms in total. The molecule has 10 aromatic rings. The molecule has 49 heavy (non-hydrogen) atoms. The van der Waals surface area contributed by atoms with Gasteiger partial charge in [-0.3, -0.25) is 0 Å². The Morgan fingerprint density at radius 2 is 0.959 bits per heavy atom. The monoisotopic (exact) mass is 627 g/mol. The van der Waals surface area contributed by atoms with Crippen LogP contribution in [0.15, 0.2) is 185 Å².